The molecule has 1 aromatic rings. The molecule has 1 aromatic carbocycles. The molecule has 0 unspecified atom stereocenters. The number of rotatable bonds is 4. The molecule has 0 aliphatic heterocycles. The summed E-state index contributed by atoms with van der Waals surface area (Å²) in [7, 11) is 0. The molecule has 16 heavy (non-hydrogen) atoms. The van der Waals surface area contributed by atoms with E-state index in [4.69, 9.17) is 5.11 Å². The van der Waals surface area contributed by atoms with Gasteiger partial charge in [0.25, 0.3) is 5.91 Å². The van der Waals surface area contributed by atoms with E-state index in [-0.39, 0.29) is 19.1 Å². The quantitative estimate of drug-likeness (QED) is 0.845. The zero-order valence-corrected chi connectivity index (χ0v) is 9.53. The van der Waals surface area contributed by atoms with Crippen LogP contribution in [0.15, 0.2) is 18.2 Å². The van der Waals surface area contributed by atoms with Crippen LogP contribution in [0.3, 0.4) is 0 Å². The van der Waals surface area contributed by atoms with Crippen LogP contribution in [-0.4, -0.2) is 35.6 Å². The highest BCUT2D eigenvalue weighted by Crippen LogP contribution is 2.10. The maximum absolute atomic E-state index is 13.1. The number of hydrogen-bond acceptors (Lipinski definition) is 2. The third kappa shape index (κ3) is 3.03. The van der Waals surface area contributed by atoms with Crippen LogP contribution in [0.25, 0.3) is 0 Å². The van der Waals surface area contributed by atoms with E-state index in [1.807, 2.05) is 6.92 Å². The first-order valence-corrected chi connectivity index (χ1v) is 5.25. The molecule has 0 fully saturated rings. The Labute approximate surface area is 94.5 Å². The maximum Gasteiger partial charge on any atom is 0.254 e. The van der Waals surface area contributed by atoms with Gasteiger partial charge >= 0.3 is 0 Å². The molecule has 4 heteroatoms. The van der Waals surface area contributed by atoms with Gasteiger partial charge in [0.15, 0.2) is 0 Å². The SMILES string of the molecule is CCN(CCO)C(=O)c1cc(C)cc(F)c1. The number of aryl methyl sites for hydroxylation is 1. The fraction of sp³-hybridized carbons (Fsp3) is 0.417. The minimum atomic E-state index is -0.414. The van der Waals surface area contributed by atoms with Crippen LogP contribution >= 0.6 is 0 Å². The number of carbonyl (C=O) groups is 1. The minimum Gasteiger partial charge on any atom is -0.395 e. The molecule has 0 heterocycles. The first-order chi connectivity index (χ1) is 7.58. The summed E-state index contributed by atoms with van der Waals surface area (Å²) in [6.07, 6.45) is 0. The van der Waals surface area contributed by atoms with Crippen molar-refractivity contribution < 1.29 is 14.3 Å². The molecular formula is C12H16FNO2. The Morgan fingerprint density at radius 1 is 1.44 bits per heavy atom. The molecule has 0 aromatic heterocycles. The van der Waals surface area contributed by atoms with E-state index in [2.05, 4.69) is 0 Å². The summed E-state index contributed by atoms with van der Waals surface area (Å²) in [6, 6.07) is 4.24. The van der Waals surface area contributed by atoms with E-state index >= 15 is 0 Å². The summed E-state index contributed by atoms with van der Waals surface area (Å²) >= 11 is 0. The second kappa shape index (κ2) is 5.61. The maximum atomic E-state index is 13.1. The molecule has 88 valence electrons. The number of benzene rings is 1. The number of aliphatic hydroxyl groups is 1. The molecule has 1 N–H and O–H groups in total. The first-order valence-electron chi connectivity index (χ1n) is 5.25. The molecule has 0 aliphatic carbocycles. The van der Waals surface area contributed by atoms with Gasteiger partial charge in [-0.05, 0) is 37.6 Å². The summed E-state index contributed by atoms with van der Waals surface area (Å²) in [5.41, 5.74) is 1.04. The summed E-state index contributed by atoms with van der Waals surface area (Å²) in [5, 5.41) is 8.80. The van der Waals surface area contributed by atoms with Crippen LogP contribution in [0.4, 0.5) is 4.39 Å². The third-order valence-corrected chi connectivity index (χ3v) is 2.33. The molecule has 1 amide bonds. The molecule has 0 atom stereocenters. The molecule has 1 rings (SSSR count). The number of amides is 1. The second-order valence-corrected chi connectivity index (χ2v) is 3.63. The molecule has 0 saturated carbocycles. The fourth-order valence-electron chi connectivity index (χ4n) is 1.57. The molecule has 0 aliphatic rings. The van der Waals surface area contributed by atoms with Gasteiger partial charge in [0, 0.05) is 18.7 Å². The van der Waals surface area contributed by atoms with Crippen molar-refractivity contribution in [1.82, 2.24) is 4.90 Å². The fourth-order valence-corrected chi connectivity index (χ4v) is 1.57. The van der Waals surface area contributed by atoms with E-state index in [0.29, 0.717) is 17.7 Å². The molecule has 0 radical (unpaired) electrons. The average molecular weight is 225 g/mol. The van der Waals surface area contributed by atoms with Crippen LogP contribution in [0, 0.1) is 12.7 Å². The van der Waals surface area contributed by atoms with Gasteiger partial charge in [-0.2, -0.15) is 0 Å². The third-order valence-electron chi connectivity index (χ3n) is 2.33. The lowest BCUT2D eigenvalue weighted by molar-refractivity contribution is 0.0731. The lowest BCUT2D eigenvalue weighted by atomic mass is 10.1. The summed E-state index contributed by atoms with van der Waals surface area (Å²) in [4.78, 5) is 13.4. The molecule has 3 nitrogen and oxygen atoms in total. The van der Waals surface area contributed by atoms with Gasteiger partial charge in [-0.15, -0.1) is 0 Å². The predicted octanol–water partition coefficient (Wildman–Crippen LogP) is 1.59. The predicted molar refractivity (Wildman–Crippen MR) is 59.8 cm³/mol. The van der Waals surface area contributed by atoms with Gasteiger partial charge in [0.2, 0.25) is 0 Å². The van der Waals surface area contributed by atoms with Crippen LogP contribution in [0.5, 0.6) is 0 Å². The molecule has 0 saturated heterocycles. The van der Waals surface area contributed by atoms with E-state index in [1.54, 1.807) is 13.0 Å². The van der Waals surface area contributed by atoms with Crippen LogP contribution in [0.2, 0.25) is 0 Å². The highest BCUT2D eigenvalue weighted by atomic mass is 19.1. The van der Waals surface area contributed by atoms with Crippen molar-refractivity contribution >= 4 is 5.91 Å². The van der Waals surface area contributed by atoms with Crippen LogP contribution in [-0.2, 0) is 0 Å². The summed E-state index contributed by atoms with van der Waals surface area (Å²) in [6.45, 7) is 4.23. The average Bonchev–Trinajstić information content (AvgIpc) is 2.23. The van der Waals surface area contributed by atoms with Gasteiger partial charge in [-0.3, -0.25) is 4.79 Å². The van der Waals surface area contributed by atoms with E-state index in [1.165, 1.54) is 17.0 Å². The van der Waals surface area contributed by atoms with Gasteiger partial charge in [0.05, 0.1) is 6.61 Å². The summed E-state index contributed by atoms with van der Waals surface area (Å²) in [5.74, 6) is -0.664. The number of halogens is 1. The van der Waals surface area contributed by atoms with Gasteiger partial charge in [-0.1, -0.05) is 0 Å². The van der Waals surface area contributed by atoms with Crippen molar-refractivity contribution in [2.75, 3.05) is 19.7 Å². The molecule has 0 spiro atoms. The number of nitrogens with zero attached hydrogens (tertiary/aromatic N) is 1. The molecule has 0 bridgehead atoms. The number of hydrogen-bond donors (Lipinski definition) is 1. The second-order valence-electron chi connectivity index (χ2n) is 3.63. The lowest BCUT2D eigenvalue weighted by Gasteiger charge is -2.19. The van der Waals surface area contributed by atoms with Crippen molar-refractivity contribution in [2.24, 2.45) is 0 Å². The van der Waals surface area contributed by atoms with Crippen molar-refractivity contribution in [1.29, 1.82) is 0 Å². The molecular weight excluding hydrogens is 209 g/mol. The van der Waals surface area contributed by atoms with E-state index in [0.717, 1.165) is 0 Å². The lowest BCUT2D eigenvalue weighted by Crippen LogP contribution is -2.33. The van der Waals surface area contributed by atoms with Gasteiger partial charge < -0.3 is 10.0 Å². The summed E-state index contributed by atoms with van der Waals surface area (Å²) < 4.78 is 13.1. The number of carbonyl (C=O) groups excluding carboxylic acids is 1. The monoisotopic (exact) mass is 225 g/mol. The largest absolute Gasteiger partial charge is 0.395 e. The van der Waals surface area contributed by atoms with E-state index < -0.39 is 5.82 Å². The Morgan fingerprint density at radius 2 is 2.12 bits per heavy atom. The first kappa shape index (κ1) is 12.6. The van der Waals surface area contributed by atoms with Crippen molar-refractivity contribution in [3.8, 4) is 0 Å². The normalized spacial score (nSPS) is 10.2. The van der Waals surface area contributed by atoms with Gasteiger partial charge in [0.1, 0.15) is 5.82 Å². The standard InChI is InChI=1S/C12H16FNO2/c1-3-14(4-5-15)12(16)10-6-9(2)7-11(13)8-10/h6-8,15H,3-5H2,1-2H3. The number of aliphatic hydroxyl groups excluding tert-OH is 1. The number of likely N-dealkylation sites (N-methyl/N-ethyl adjacent to an activating group) is 1. The van der Waals surface area contributed by atoms with Gasteiger partial charge in [-0.25, -0.2) is 4.39 Å². The highest BCUT2D eigenvalue weighted by molar-refractivity contribution is 5.94. The minimum absolute atomic E-state index is 0.0894. The smallest absolute Gasteiger partial charge is 0.254 e. The van der Waals surface area contributed by atoms with Crippen molar-refractivity contribution in [3.05, 3.63) is 35.1 Å². The van der Waals surface area contributed by atoms with Crippen LogP contribution < -0.4 is 0 Å². The Morgan fingerprint density at radius 3 is 2.62 bits per heavy atom. The zero-order valence-electron chi connectivity index (χ0n) is 9.53. The van der Waals surface area contributed by atoms with Crippen molar-refractivity contribution in [3.63, 3.8) is 0 Å². The Bertz CT molecular complexity index is 359. The van der Waals surface area contributed by atoms with E-state index in [9.17, 15) is 9.18 Å². The van der Waals surface area contributed by atoms with Crippen LogP contribution in [0.1, 0.15) is 22.8 Å². The zero-order chi connectivity index (χ0) is 12.1. The Balaban J connectivity index is 2.94. The highest BCUT2D eigenvalue weighted by Gasteiger charge is 2.14. The Hall–Kier alpha value is -1.42. The Kier molecular flexibility index (Phi) is 4.43. The topological polar surface area (TPSA) is 40.5 Å². The van der Waals surface area contributed by atoms with Crippen molar-refractivity contribution in [2.45, 2.75) is 13.8 Å².